The van der Waals surface area contributed by atoms with Crippen molar-refractivity contribution < 1.29 is 13.2 Å². The molecule has 1 atom stereocenters. The van der Waals surface area contributed by atoms with E-state index in [0.29, 0.717) is 5.69 Å². The van der Waals surface area contributed by atoms with Crippen LogP contribution in [0.5, 0.6) is 0 Å². The molecule has 0 N–H and O–H groups in total. The molecule has 5 rings (SSSR count). The highest BCUT2D eigenvalue weighted by Crippen LogP contribution is 2.51. The number of piperidine rings is 1. The van der Waals surface area contributed by atoms with E-state index in [-0.39, 0.29) is 11.5 Å². The summed E-state index contributed by atoms with van der Waals surface area (Å²) in [5.74, 6) is 0.795. The largest absolute Gasteiger partial charge is 0.416 e. The first-order valence-electron chi connectivity index (χ1n) is 13.5. The fourth-order valence-electron chi connectivity index (χ4n) is 6.82. The Hall–Kier alpha value is -2.25. The lowest BCUT2D eigenvalue weighted by Crippen LogP contribution is -2.52. The van der Waals surface area contributed by atoms with Crippen molar-refractivity contribution >= 4 is 34.4 Å². The zero-order valence-electron chi connectivity index (χ0n) is 22.0. The molecule has 0 bridgehead atoms. The molecule has 1 spiro atoms. The number of nitrogens with zero attached hydrogens (tertiary/aromatic N) is 3. The molecule has 3 aliphatic rings. The first-order chi connectivity index (χ1) is 17.6. The number of benzene rings is 2. The number of rotatable bonds is 3. The number of halogens is 3. The molecule has 1 aliphatic carbocycles. The van der Waals surface area contributed by atoms with E-state index in [1.807, 2.05) is 4.90 Å². The molecule has 0 amide bonds. The van der Waals surface area contributed by atoms with E-state index >= 15 is 0 Å². The van der Waals surface area contributed by atoms with E-state index in [4.69, 9.17) is 17.2 Å². The summed E-state index contributed by atoms with van der Waals surface area (Å²) in [5.41, 5.74) is 3.73. The summed E-state index contributed by atoms with van der Waals surface area (Å²) in [6.45, 7) is 8.14. The van der Waals surface area contributed by atoms with Gasteiger partial charge < -0.3 is 0 Å². The van der Waals surface area contributed by atoms with Crippen LogP contribution < -0.4 is 4.90 Å². The summed E-state index contributed by atoms with van der Waals surface area (Å²) in [6.07, 6.45) is 4.27. The van der Waals surface area contributed by atoms with Crippen LogP contribution in [0.3, 0.4) is 0 Å². The summed E-state index contributed by atoms with van der Waals surface area (Å²) in [7, 11) is 0. The van der Waals surface area contributed by atoms with Crippen LogP contribution in [0.4, 0.5) is 24.5 Å². The number of likely N-dealkylation sites (tertiary alicyclic amines) is 1. The normalized spacial score (nSPS) is 23.8. The van der Waals surface area contributed by atoms with Gasteiger partial charge in [-0.05, 0) is 88.9 Å². The summed E-state index contributed by atoms with van der Waals surface area (Å²) in [4.78, 5) is 10.5. The van der Waals surface area contributed by atoms with Crippen molar-refractivity contribution in [2.75, 3.05) is 18.0 Å². The summed E-state index contributed by atoms with van der Waals surface area (Å²) in [6, 6.07) is 9.83. The van der Waals surface area contributed by atoms with E-state index < -0.39 is 11.7 Å². The SMILES string of the molecule is Cc1cc(C)c(N=C2[C@@H](N3CCCCC3)C3(CCCCC3)C(=S)N2c2cccc(C(F)(F)F)c2)c(C)c1. The molecule has 1 saturated carbocycles. The van der Waals surface area contributed by atoms with Crippen LogP contribution in [0.15, 0.2) is 41.4 Å². The summed E-state index contributed by atoms with van der Waals surface area (Å²) < 4.78 is 41.3. The number of aliphatic imine (C=N–C) groups is 1. The molecule has 0 radical (unpaired) electrons. The number of alkyl halides is 3. The van der Waals surface area contributed by atoms with Crippen LogP contribution in [0.2, 0.25) is 0 Å². The van der Waals surface area contributed by atoms with E-state index in [1.54, 1.807) is 6.07 Å². The molecule has 2 saturated heterocycles. The zero-order valence-corrected chi connectivity index (χ0v) is 22.8. The van der Waals surface area contributed by atoms with E-state index in [2.05, 4.69) is 37.8 Å². The van der Waals surface area contributed by atoms with Gasteiger partial charge in [-0.2, -0.15) is 13.2 Å². The smallest absolute Gasteiger partial charge is 0.293 e. The van der Waals surface area contributed by atoms with Gasteiger partial charge in [0, 0.05) is 11.1 Å². The molecule has 7 heteroatoms. The topological polar surface area (TPSA) is 18.8 Å². The highest BCUT2D eigenvalue weighted by molar-refractivity contribution is 7.80. The molecule has 198 valence electrons. The Bertz CT molecular complexity index is 1180. The second-order valence-corrected chi connectivity index (χ2v) is 11.5. The van der Waals surface area contributed by atoms with Gasteiger partial charge in [0.25, 0.3) is 0 Å². The van der Waals surface area contributed by atoms with E-state index in [9.17, 15) is 13.2 Å². The minimum Gasteiger partial charge on any atom is -0.293 e. The number of thiocarbonyl (C=S) groups is 1. The van der Waals surface area contributed by atoms with Gasteiger partial charge in [-0.25, -0.2) is 4.99 Å². The Kier molecular flexibility index (Phi) is 7.22. The van der Waals surface area contributed by atoms with Crippen molar-refractivity contribution in [3.63, 3.8) is 0 Å². The van der Waals surface area contributed by atoms with Crippen LogP contribution in [-0.2, 0) is 6.18 Å². The number of anilines is 1. The minimum atomic E-state index is -4.42. The standard InChI is InChI=1S/C30H36F3N3S/c1-20-17-21(2)25(22(3)18-20)34-27-26(35-15-8-5-9-16-35)29(13-6-4-7-14-29)28(37)36(27)24-12-10-11-23(19-24)30(31,32)33/h10-12,17-19,26H,4-9,13-16H2,1-3H3/t26-/m1/s1. The van der Waals surface area contributed by atoms with Crippen molar-refractivity contribution in [2.24, 2.45) is 10.4 Å². The van der Waals surface area contributed by atoms with Crippen molar-refractivity contribution in [2.45, 2.75) is 84.4 Å². The van der Waals surface area contributed by atoms with Gasteiger partial charge in [-0.15, -0.1) is 0 Å². The quantitative estimate of drug-likeness (QED) is 0.374. The number of hydrogen-bond acceptors (Lipinski definition) is 3. The van der Waals surface area contributed by atoms with Crippen LogP contribution in [0, 0.1) is 26.2 Å². The third-order valence-corrected chi connectivity index (χ3v) is 9.01. The van der Waals surface area contributed by atoms with Crippen molar-refractivity contribution in [3.05, 3.63) is 58.7 Å². The van der Waals surface area contributed by atoms with Gasteiger partial charge in [-0.1, -0.05) is 61.7 Å². The molecule has 0 aromatic heterocycles. The monoisotopic (exact) mass is 527 g/mol. The lowest BCUT2D eigenvalue weighted by Gasteiger charge is -2.44. The average Bonchev–Trinajstić information content (AvgIpc) is 3.08. The van der Waals surface area contributed by atoms with Crippen LogP contribution in [-0.4, -0.2) is 34.9 Å². The number of hydrogen-bond donors (Lipinski definition) is 0. The van der Waals surface area contributed by atoms with Gasteiger partial charge in [0.1, 0.15) is 5.84 Å². The number of aryl methyl sites for hydroxylation is 3. The Morgan fingerprint density at radius 3 is 2.14 bits per heavy atom. The summed E-state index contributed by atoms with van der Waals surface area (Å²) in [5, 5.41) is 0. The van der Waals surface area contributed by atoms with Gasteiger partial charge in [0.05, 0.1) is 22.3 Å². The lowest BCUT2D eigenvalue weighted by atomic mass is 9.69. The van der Waals surface area contributed by atoms with E-state index in [1.165, 1.54) is 30.5 Å². The van der Waals surface area contributed by atoms with Gasteiger partial charge in [0.2, 0.25) is 0 Å². The first-order valence-corrected chi connectivity index (χ1v) is 13.9. The Balaban J connectivity index is 1.74. The average molecular weight is 528 g/mol. The molecule has 3 nitrogen and oxygen atoms in total. The fourth-order valence-corrected chi connectivity index (χ4v) is 7.33. The molecule has 2 aromatic carbocycles. The number of amidine groups is 1. The highest BCUT2D eigenvalue weighted by atomic mass is 32.1. The Labute approximate surface area is 223 Å². The maximum absolute atomic E-state index is 13.8. The van der Waals surface area contributed by atoms with Crippen molar-refractivity contribution in [1.82, 2.24) is 4.90 Å². The molecule has 37 heavy (non-hydrogen) atoms. The predicted molar refractivity (Wildman–Crippen MR) is 149 cm³/mol. The Morgan fingerprint density at radius 1 is 0.892 bits per heavy atom. The first kappa shape index (κ1) is 26.4. The molecular weight excluding hydrogens is 491 g/mol. The fraction of sp³-hybridized carbons (Fsp3) is 0.533. The van der Waals surface area contributed by atoms with Crippen LogP contribution >= 0.6 is 12.2 Å². The second-order valence-electron chi connectivity index (χ2n) is 11.1. The van der Waals surface area contributed by atoms with Gasteiger partial charge in [0.15, 0.2) is 0 Å². The summed E-state index contributed by atoms with van der Waals surface area (Å²) >= 11 is 6.25. The maximum atomic E-state index is 13.8. The minimum absolute atomic E-state index is 0.0322. The van der Waals surface area contributed by atoms with Gasteiger partial charge >= 0.3 is 6.18 Å². The maximum Gasteiger partial charge on any atom is 0.416 e. The molecule has 0 unspecified atom stereocenters. The third-order valence-electron chi connectivity index (χ3n) is 8.42. The van der Waals surface area contributed by atoms with Crippen LogP contribution in [0.1, 0.15) is 73.6 Å². The lowest BCUT2D eigenvalue weighted by molar-refractivity contribution is -0.137. The van der Waals surface area contributed by atoms with Crippen molar-refractivity contribution in [3.8, 4) is 0 Å². The molecular formula is C30H36F3N3S. The zero-order chi connectivity index (χ0) is 26.4. The van der Waals surface area contributed by atoms with Crippen molar-refractivity contribution in [1.29, 1.82) is 0 Å². The van der Waals surface area contributed by atoms with E-state index in [0.717, 1.165) is 85.3 Å². The molecule has 2 heterocycles. The van der Waals surface area contributed by atoms with Gasteiger partial charge in [-0.3, -0.25) is 9.80 Å². The highest BCUT2D eigenvalue weighted by Gasteiger charge is 2.57. The predicted octanol–water partition coefficient (Wildman–Crippen LogP) is 8.31. The van der Waals surface area contributed by atoms with Crippen LogP contribution in [0.25, 0.3) is 0 Å². The third kappa shape index (κ3) is 4.85. The molecule has 3 fully saturated rings. The second kappa shape index (κ2) is 10.1. The molecule has 2 aromatic rings. The molecule has 2 aliphatic heterocycles. The Morgan fingerprint density at radius 2 is 1.51 bits per heavy atom.